The van der Waals surface area contributed by atoms with Gasteiger partial charge in [0.2, 0.25) is 0 Å². The van der Waals surface area contributed by atoms with Crippen LogP contribution in [-0.4, -0.2) is 31.8 Å². The lowest BCUT2D eigenvalue weighted by Crippen LogP contribution is -2.61. The number of nitrogens with zero attached hydrogens (tertiary/aromatic N) is 1. The van der Waals surface area contributed by atoms with Crippen LogP contribution in [0, 0.1) is 0 Å². The van der Waals surface area contributed by atoms with Gasteiger partial charge in [-0.3, -0.25) is 0 Å². The van der Waals surface area contributed by atoms with Gasteiger partial charge in [0.15, 0.2) is 0 Å². The largest absolute Gasteiger partial charge is 0.495 e. The summed E-state index contributed by atoms with van der Waals surface area (Å²) in [6, 6.07) is 4.59. The highest BCUT2D eigenvalue weighted by atomic mass is 79.9. The average Bonchev–Trinajstić information content (AvgIpc) is 2.33. The fourth-order valence-electron chi connectivity index (χ4n) is 2.39. The second-order valence-electron chi connectivity index (χ2n) is 5.68. The third kappa shape index (κ3) is 3.26. The normalized spacial score (nSPS) is 22.4. The molecular weight excluding hydrogens is 372 g/mol. The zero-order valence-corrected chi connectivity index (χ0v) is 14.9. The molecule has 1 N–H and O–H groups in total. The molecule has 0 saturated carbocycles. The van der Waals surface area contributed by atoms with Gasteiger partial charge in [-0.05, 0) is 58.7 Å². The summed E-state index contributed by atoms with van der Waals surface area (Å²) in [7, 11) is 1.70. The Morgan fingerprint density at radius 3 is 2.63 bits per heavy atom. The van der Waals surface area contributed by atoms with Crippen molar-refractivity contribution in [3.8, 4) is 5.75 Å². The molecular formula is C14H20Br2N2O. The fourth-order valence-corrected chi connectivity index (χ4v) is 3.77. The van der Waals surface area contributed by atoms with Crippen molar-refractivity contribution < 1.29 is 4.74 Å². The van der Waals surface area contributed by atoms with E-state index in [-0.39, 0.29) is 5.54 Å². The number of hydrogen-bond acceptors (Lipinski definition) is 3. The monoisotopic (exact) mass is 390 g/mol. The number of rotatable bonds is 2. The minimum atomic E-state index is 0.117. The van der Waals surface area contributed by atoms with Gasteiger partial charge in [-0.25, -0.2) is 0 Å². The maximum absolute atomic E-state index is 5.41. The first-order valence-corrected chi connectivity index (χ1v) is 7.97. The van der Waals surface area contributed by atoms with E-state index in [1.165, 1.54) is 5.69 Å². The molecule has 1 fully saturated rings. The highest BCUT2D eigenvalue weighted by molar-refractivity contribution is 9.11. The number of halogens is 2. The van der Waals surface area contributed by atoms with Crippen molar-refractivity contribution in [1.82, 2.24) is 5.32 Å². The Kier molecular flexibility index (Phi) is 4.48. The zero-order valence-electron chi connectivity index (χ0n) is 11.8. The Labute approximate surface area is 132 Å². The van der Waals surface area contributed by atoms with Crippen LogP contribution in [0.15, 0.2) is 21.1 Å². The Morgan fingerprint density at radius 2 is 2.00 bits per heavy atom. The van der Waals surface area contributed by atoms with Gasteiger partial charge in [0.25, 0.3) is 0 Å². The molecule has 1 atom stereocenters. The molecule has 1 aromatic carbocycles. The third-order valence-corrected chi connectivity index (χ3v) is 4.76. The predicted octanol–water partition coefficient (Wildman–Crippen LogP) is 3.80. The van der Waals surface area contributed by atoms with Crippen LogP contribution in [0.2, 0.25) is 0 Å². The minimum Gasteiger partial charge on any atom is -0.495 e. The molecule has 0 radical (unpaired) electrons. The van der Waals surface area contributed by atoms with Gasteiger partial charge in [0, 0.05) is 35.2 Å². The van der Waals surface area contributed by atoms with Crippen LogP contribution >= 0.6 is 31.9 Å². The van der Waals surface area contributed by atoms with Crippen molar-refractivity contribution in [3.05, 3.63) is 21.1 Å². The quantitative estimate of drug-likeness (QED) is 0.829. The number of methoxy groups -OCH3 is 1. The van der Waals surface area contributed by atoms with E-state index >= 15 is 0 Å². The van der Waals surface area contributed by atoms with Crippen LogP contribution in [0.3, 0.4) is 0 Å². The van der Waals surface area contributed by atoms with Gasteiger partial charge in [0.1, 0.15) is 5.75 Å². The molecule has 0 amide bonds. The lowest BCUT2D eigenvalue weighted by molar-refractivity contribution is 0.317. The van der Waals surface area contributed by atoms with E-state index in [0.29, 0.717) is 6.04 Å². The van der Waals surface area contributed by atoms with E-state index in [1.54, 1.807) is 7.11 Å². The van der Waals surface area contributed by atoms with Crippen molar-refractivity contribution in [2.75, 3.05) is 25.1 Å². The standard InChI is InChI=1S/C14H20Br2N2O/c1-9-7-17-14(2,3)8-18(9)12-6-13(19-4)11(16)5-10(12)15/h5-6,9,17H,7-8H2,1-4H3. The Hall–Kier alpha value is -0.260. The lowest BCUT2D eigenvalue weighted by Gasteiger charge is -2.45. The number of nitrogens with one attached hydrogen (secondary N) is 1. The highest BCUT2D eigenvalue weighted by Crippen LogP contribution is 2.38. The molecule has 1 heterocycles. The van der Waals surface area contributed by atoms with E-state index in [4.69, 9.17) is 4.74 Å². The van der Waals surface area contributed by atoms with Crippen molar-refractivity contribution in [1.29, 1.82) is 0 Å². The zero-order chi connectivity index (χ0) is 14.2. The van der Waals surface area contributed by atoms with Gasteiger partial charge in [-0.15, -0.1) is 0 Å². The van der Waals surface area contributed by atoms with E-state index < -0.39 is 0 Å². The van der Waals surface area contributed by atoms with E-state index in [0.717, 1.165) is 27.8 Å². The van der Waals surface area contributed by atoms with Gasteiger partial charge >= 0.3 is 0 Å². The third-order valence-electron chi connectivity index (χ3n) is 3.50. The van der Waals surface area contributed by atoms with E-state index in [9.17, 15) is 0 Å². The summed E-state index contributed by atoms with van der Waals surface area (Å²) in [5.41, 5.74) is 1.30. The van der Waals surface area contributed by atoms with E-state index in [2.05, 4.69) is 75.0 Å². The van der Waals surface area contributed by atoms with Crippen LogP contribution in [-0.2, 0) is 0 Å². The van der Waals surface area contributed by atoms with Crippen LogP contribution < -0.4 is 15.0 Å². The molecule has 1 unspecified atom stereocenters. The van der Waals surface area contributed by atoms with Crippen LogP contribution in [0.1, 0.15) is 20.8 Å². The van der Waals surface area contributed by atoms with Crippen LogP contribution in [0.5, 0.6) is 5.75 Å². The van der Waals surface area contributed by atoms with Crippen LogP contribution in [0.25, 0.3) is 0 Å². The summed E-state index contributed by atoms with van der Waals surface area (Å²) in [4.78, 5) is 2.43. The Morgan fingerprint density at radius 1 is 1.32 bits per heavy atom. The minimum absolute atomic E-state index is 0.117. The molecule has 1 saturated heterocycles. The first-order chi connectivity index (χ1) is 8.84. The highest BCUT2D eigenvalue weighted by Gasteiger charge is 2.31. The molecule has 0 spiro atoms. The fraction of sp³-hybridized carbons (Fsp3) is 0.571. The smallest absolute Gasteiger partial charge is 0.135 e. The molecule has 2 rings (SSSR count). The second-order valence-corrected chi connectivity index (χ2v) is 7.39. The Balaban J connectivity index is 2.39. The molecule has 1 aliphatic rings. The molecule has 19 heavy (non-hydrogen) atoms. The number of ether oxygens (including phenoxy) is 1. The summed E-state index contributed by atoms with van der Waals surface area (Å²) < 4.78 is 7.46. The van der Waals surface area contributed by atoms with Crippen molar-refractivity contribution in [3.63, 3.8) is 0 Å². The first-order valence-electron chi connectivity index (χ1n) is 6.39. The summed E-state index contributed by atoms with van der Waals surface area (Å²) in [5, 5.41) is 3.57. The predicted molar refractivity (Wildman–Crippen MR) is 87.3 cm³/mol. The van der Waals surface area contributed by atoms with Gasteiger partial charge in [-0.1, -0.05) is 0 Å². The van der Waals surface area contributed by atoms with Crippen molar-refractivity contribution >= 4 is 37.5 Å². The van der Waals surface area contributed by atoms with E-state index in [1.807, 2.05) is 0 Å². The molecule has 0 aromatic heterocycles. The van der Waals surface area contributed by atoms with Crippen LogP contribution in [0.4, 0.5) is 5.69 Å². The number of anilines is 1. The lowest BCUT2D eigenvalue weighted by atomic mass is 9.98. The topological polar surface area (TPSA) is 24.5 Å². The van der Waals surface area contributed by atoms with Crippen molar-refractivity contribution in [2.45, 2.75) is 32.4 Å². The summed E-state index contributed by atoms with van der Waals surface area (Å²) in [6.07, 6.45) is 0. The van der Waals surface area contributed by atoms with Crippen molar-refractivity contribution in [2.24, 2.45) is 0 Å². The van der Waals surface area contributed by atoms with Gasteiger partial charge in [-0.2, -0.15) is 0 Å². The molecule has 1 aliphatic heterocycles. The number of hydrogen-bond donors (Lipinski definition) is 1. The SMILES string of the molecule is COc1cc(N2CC(C)(C)NCC2C)c(Br)cc1Br. The Bertz CT molecular complexity index is 477. The molecule has 1 aromatic rings. The molecule has 3 nitrogen and oxygen atoms in total. The molecule has 0 bridgehead atoms. The van der Waals surface area contributed by atoms with Gasteiger partial charge in [0.05, 0.1) is 17.3 Å². The molecule has 5 heteroatoms. The number of piperazine rings is 1. The first kappa shape index (κ1) is 15.1. The summed E-state index contributed by atoms with van der Waals surface area (Å²) in [5.74, 6) is 0.863. The maximum Gasteiger partial charge on any atom is 0.135 e. The maximum atomic E-state index is 5.41. The average molecular weight is 392 g/mol. The second kappa shape index (κ2) is 5.62. The molecule has 0 aliphatic carbocycles. The summed E-state index contributed by atoms with van der Waals surface area (Å²) in [6.45, 7) is 8.66. The molecule has 106 valence electrons. The van der Waals surface area contributed by atoms with Gasteiger partial charge < -0.3 is 15.0 Å². The summed E-state index contributed by atoms with van der Waals surface area (Å²) >= 11 is 7.18. The number of benzene rings is 1.